The zero-order chi connectivity index (χ0) is 95.4. The number of benzene rings is 3. The fraction of sp³-hybridized carbons (Fsp3) is 0.680. The van der Waals surface area contributed by atoms with Gasteiger partial charge in [-0.25, -0.2) is 14.7 Å². The summed E-state index contributed by atoms with van der Waals surface area (Å²) in [5.41, 5.74) is 1.84. The molecule has 6 amide bonds. The minimum absolute atomic E-state index is 0.0144. The van der Waals surface area contributed by atoms with Crippen LogP contribution >= 0.6 is 0 Å². The molecule has 3 aliphatic heterocycles. The Morgan fingerprint density at radius 2 is 0.377 bits per heavy atom. The molecule has 744 valence electrons. The highest BCUT2D eigenvalue weighted by atomic mass is 16.6. The second kappa shape index (κ2) is 92.5. The molecule has 0 fully saturated rings. The number of amides is 6. The van der Waals surface area contributed by atoms with E-state index in [1.165, 1.54) is 55.6 Å². The van der Waals surface area contributed by atoms with Gasteiger partial charge in [-0.3, -0.25) is 28.8 Å². The first-order valence-electron chi connectivity index (χ1n) is 47.3. The molecule has 5 unspecified atom stereocenters. The minimum Gasteiger partial charge on any atom is -0.501 e. The van der Waals surface area contributed by atoms with Crippen LogP contribution in [0, 0.1) is 35.5 Å². The van der Waals surface area contributed by atoms with Gasteiger partial charge in [-0.1, -0.05) is 157 Å². The van der Waals surface area contributed by atoms with E-state index in [9.17, 15) is 28.8 Å². The fourth-order valence-corrected chi connectivity index (χ4v) is 11.1. The van der Waals surface area contributed by atoms with Crippen LogP contribution in [0.5, 0.6) is 0 Å². The summed E-state index contributed by atoms with van der Waals surface area (Å²) in [7, 11) is 0. The number of carbonyl (C=O) groups is 6. The van der Waals surface area contributed by atoms with Crippen LogP contribution in [-0.4, -0.2) is 305 Å². The van der Waals surface area contributed by atoms with E-state index < -0.39 is 0 Å². The van der Waals surface area contributed by atoms with Crippen LogP contribution in [0.25, 0.3) is 0 Å². The van der Waals surface area contributed by atoms with Crippen LogP contribution in [0.3, 0.4) is 0 Å². The van der Waals surface area contributed by atoms with Crippen molar-refractivity contribution in [1.82, 2.24) is 0 Å². The van der Waals surface area contributed by atoms with Gasteiger partial charge in [-0.05, 0) is 87.8 Å². The van der Waals surface area contributed by atoms with E-state index in [2.05, 4.69) is 82.7 Å². The summed E-state index contributed by atoms with van der Waals surface area (Å²) in [6.07, 6.45) is 19.2. The first kappa shape index (κ1) is 123. The molecule has 3 aromatic carbocycles. The SMILES string of the molecule is C=COCC(COCCOCCC)COCC(COCCOCCC)COCC(COCCOCCC)COCC(COCCOCCC)COCC(COCCOCCC)COCC(COCCOCCC)COCCOCCC.CCC.CCC.CCCO.O=C1C=CC(=O)N1c1ccccc1.O=C1C=CC(=O)N1c1ccccc1.O=C1C=CC(=O)N1c1ccccc1. The Balaban J connectivity index is 0.00000264. The molecule has 5 atom stereocenters. The molecule has 30 nitrogen and oxygen atoms in total. The summed E-state index contributed by atoms with van der Waals surface area (Å²) >= 11 is 0. The number of aliphatic hydroxyl groups is 1. The number of rotatable bonds is 76. The highest BCUT2D eigenvalue weighted by molar-refractivity contribution is 6.29. The third-order valence-corrected chi connectivity index (χ3v) is 17.2. The zero-order valence-electron chi connectivity index (χ0n) is 81.1. The Morgan fingerprint density at radius 3 is 0.523 bits per heavy atom. The van der Waals surface area contributed by atoms with Gasteiger partial charge in [0.15, 0.2) is 0 Å². The molecule has 0 radical (unpaired) electrons. The topological polar surface area (TPSA) is 317 Å². The van der Waals surface area contributed by atoms with Gasteiger partial charge in [0.2, 0.25) is 0 Å². The predicted molar refractivity (Wildman–Crippen MR) is 508 cm³/mol. The first-order chi connectivity index (χ1) is 63.6. The van der Waals surface area contributed by atoms with Gasteiger partial charge in [0, 0.05) is 125 Å². The van der Waals surface area contributed by atoms with Crippen molar-refractivity contribution < 1.29 is 129 Å². The Kier molecular flexibility index (Phi) is 87.5. The molecule has 0 saturated heterocycles. The fourth-order valence-electron chi connectivity index (χ4n) is 11.1. The second-order valence-corrected chi connectivity index (χ2v) is 30.4. The number of imide groups is 3. The molecule has 6 rings (SSSR count). The van der Waals surface area contributed by atoms with E-state index in [1.54, 1.807) is 72.8 Å². The largest absolute Gasteiger partial charge is 0.501 e. The number of hydrogen-bond donors (Lipinski definition) is 1. The van der Waals surface area contributed by atoms with E-state index in [1.807, 2.05) is 25.1 Å². The van der Waals surface area contributed by atoms with Gasteiger partial charge in [-0.15, -0.1) is 0 Å². The number of hydrogen-bond acceptors (Lipinski definition) is 27. The second-order valence-electron chi connectivity index (χ2n) is 30.4. The molecular formula is C100H167N3O27. The highest BCUT2D eigenvalue weighted by Crippen LogP contribution is 2.21. The van der Waals surface area contributed by atoms with Gasteiger partial charge < -0.3 is 99.8 Å². The summed E-state index contributed by atoms with van der Waals surface area (Å²) in [4.78, 5) is 70.6. The average Bonchev–Trinajstić information content (AvgIpc) is 1.71. The van der Waals surface area contributed by atoms with Crippen molar-refractivity contribution in [3.05, 3.63) is 140 Å². The van der Waals surface area contributed by atoms with Crippen molar-refractivity contribution in [2.24, 2.45) is 35.5 Å². The van der Waals surface area contributed by atoms with Gasteiger partial charge in [0.25, 0.3) is 35.4 Å². The maximum atomic E-state index is 11.2. The third kappa shape index (κ3) is 69.0. The van der Waals surface area contributed by atoms with Gasteiger partial charge in [-0.2, -0.15) is 0 Å². The Bertz CT molecular complexity index is 2920. The number of nitrogens with zero attached hydrogens (tertiary/aromatic N) is 3. The molecule has 0 saturated carbocycles. The summed E-state index contributed by atoms with van der Waals surface area (Å²) in [5, 5.41) is 7.88. The standard InChI is InChI=1S/C61H122O20.3C10H7NO2.C3H8O.2C3H8/c1-9-17-63-24-31-70-39-56(38-62-16-8)46-77-48-58(42-73-34-27-66-20-12-4)50-79-52-60(44-75-36-29-68-22-14-6)54-81-55-61(45-76-37-30-69-23-15-7)53-80-51-59(43-74-35-28-67-21-13-5)49-78-47-57(40-71-32-25-64-18-10-2)41-72-33-26-65-19-11-3;3*12-9-6-7-10(13)11(9)8-4-2-1-3-5-8;1-2-3-4;2*1-3-2/h16,56-61H,8-15,17-55H2,1-7H3;3*1-7H;4H,2-3H2,1H3;2*3H2,1-2H3. The van der Waals surface area contributed by atoms with E-state index in [0.29, 0.717) is 262 Å². The van der Waals surface area contributed by atoms with Crippen LogP contribution in [0.4, 0.5) is 17.1 Å². The number of aliphatic hydroxyl groups excluding tert-OH is 1. The molecule has 3 aromatic rings. The lowest BCUT2D eigenvalue weighted by atomic mass is 10.1. The smallest absolute Gasteiger partial charge is 0.258 e. The number of carbonyl (C=O) groups excluding carboxylic acids is 6. The van der Waals surface area contributed by atoms with E-state index >= 15 is 0 Å². The van der Waals surface area contributed by atoms with E-state index in [4.69, 9.17) is 99.8 Å². The van der Waals surface area contributed by atoms with Crippen LogP contribution in [0.15, 0.2) is 140 Å². The molecule has 0 aromatic heterocycles. The molecule has 0 bridgehead atoms. The summed E-state index contributed by atoms with van der Waals surface area (Å²) in [6.45, 7) is 49.2. The number of anilines is 3. The van der Waals surface area contributed by atoms with E-state index in [0.717, 1.165) is 85.9 Å². The van der Waals surface area contributed by atoms with E-state index in [-0.39, 0.29) is 71.0 Å². The first-order valence-corrected chi connectivity index (χ1v) is 47.3. The van der Waals surface area contributed by atoms with Gasteiger partial charge in [0.05, 0.1) is 235 Å². The van der Waals surface area contributed by atoms with Crippen LogP contribution < -0.4 is 14.7 Å². The summed E-state index contributed by atoms with van der Waals surface area (Å²) in [6, 6.07) is 26.6. The Labute approximate surface area is 779 Å². The van der Waals surface area contributed by atoms with Crippen LogP contribution in [0.2, 0.25) is 0 Å². The van der Waals surface area contributed by atoms with Crippen LogP contribution in [-0.2, 0) is 124 Å². The van der Waals surface area contributed by atoms with Crippen LogP contribution in [0.1, 0.15) is 147 Å². The van der Waals surface area contributed by atoms with Crippen molar-refractivity contribution in [1.29, 1.82) is 0 Å². The normalized spacial score (nSPS) is 13.8. The maximum Gasteiger partial charge on any atom is 0.258 e. The predicted octanol–water partition coefficient (Wildman–Crippen LogP) is 14.6. The maximum absolute atomic E-state index is 11.2. The third-order valence-electron chi connectivity index (χ3n) is 17.2. The minimum atomic E-state index is -0.281. The monoisotopic (exact) mass is 1840 g/mol. The molecule has 3 heterocycles. The average molecular weight is 1840 g/mol. The van der Waals surface area contributed by atoms with Crippen molar-refractivity contribution in [3.8, 4) is 0 Å². The van der Waals surface area contributed by atoms with Gasteiger partial charge in [0.1, 0.15) is 0 Å². The Morgan fingerprint density at radius 1 is 0.231 bits per heavy atom. The zero-order valence-corrected chi connectivity index (χ0v) is 81.1. The summed E-state index contributed by atoms with van der Waals surface area (Å²) < 4.78 is 119. The highest BCUT2D eigenvalue weighted by Gasteiger charge is 2.28. The molecule has 3 aliphatic rings. The quantitative estimate of drug-likeness (QED) is 0.0312. The lowest BCUT2D eigenvalue weighted by Crippen LogP contribution is -2.31. The summed E-state index contributed by atoms with van der Waals surface area (Å²) in [5.74, 6) is -1.84. The number of ether oxygens (including phenoxy) is 20. The van der Waals surface area contributed by atoms with Crippen molar-refractivity contribution in [2.45, 2.75) is 147 Å². The molecular weight excluding hydrogens is 1680 g/mol. The molecule has 130 heavy (non-hydrogen) atoms. The molecule has 1 N–H and O–H groups in total. The van der Waals surface area contributed by atoms with Crippen molar-refractivity contribution >= 4 is 52.5 Å². The van der Waals surface area contributed by atoms with Crippen molar-refractivity contribution in [3.63, 3.8) is 0 Å². The Hall–Kier alpha value is -6.96. The molecule has 0 aliphatic carbocycles. The molecule has 30 heteroatoms. The number of para-hydroxylation sites is 3. The molecule has 0 spiro atoms. The lowest BCUT2D eigenvalue weighted by molar-refractivity contribution is -0.121. The lowest BCUT2D eigenvalue weighted by Gasteiger charge is -2.24. The van der Waals surface area contributed by atoms with Crippen molar-refractivity contribution in [2.75, 3.05) is 279 Å². The van der Waals surface area contributed by atoms with Gasteiger partial charge >= 0.3 is 0 Å².